The third kappa shape index (κ3) is 21.2. The first kappa shape index (κ1) is 61.3. The predicted molar refractivity (Wildman–Crippen MR) is 254 cm³/mol. The van der Waals surface area contributed by atoms with Crippen molar-refractivity contribution in [3.8, 4) is 0 Å². The number of unbranched alkanes of at least 4 members (excludes halogenated alkanes) is 13. The lowest BCUT2D eigenvalue weighted by Crippen LogP contribution is -2.66. The SMILES string of the molecule is CCCCCCC/C=C\C/C=C\C/C=C\CCCCCCCCC(=O)NC(COC1OC(CO)C(OC2OC(CO)C(OC3OC(CO)C(O)C(O)C3O)C(O)C2O)C(O)C1O)C(O)CCCCC. The highest BCUT2D eigenvalue weighted by molar-refractivity contribution is 5.76. The number of ether oxygens (including phenoxy) is 6. The van der Waals surface area contributed by atoms with Gasteiger partial charge < -0.3 is 89.9 Å². The number of aliphatic hydroxyl groups is 11. The van der Waals surface area contributed by atoms with E-state index in [1.165, 1.54) is 38.5 Å². The summed E-state index contributed by atoms with van der Waals surface area (Å²) in [5.74, 6) is -0.270. The molecule has 0 spiro atoms. The number of nitrogens with one attached hydrogen (secondary N) is 1. The Hall–Kier alpha value is -1.99. The van der Waals surface area contributed by atoms with E-state index in [9.17, 15) is 61.0 Å². The molecule has 0 bridgehead atoms. The van der Waals surface area contributed by atoms with E-state index in [-0.39, 0.29) is 18.9 Å². The van der Waals surface area contributed by atoms with Gasteiger partial charge in [0.25, 0.3) is 0 Å². The van der Waals surface area contributed by atoms with Gasteiger partial charge in [0.05, 0.1) is 38.6 Å². The van der Waals surface area contributed by atoms with Crippen molar-refractivity contribution in [2.24, 2.45) is 0 Å². The second kappa shape index (κ2) is 35.2. The van der Waals surface area contributed by atoms with Crippen LogP contribution in [0.5, 0.6) is 0 Å². The molecule has 0 radical (unpaired) electrons. The summed E-state index contributed by atoms with van der Waals surface area (Å²) in [4.78, 5) is 13.1. The molecule has 0 saturated carbocycles. The van der Waals surface area contributed by atoms with E-state index in [4.69, 9.17) is 28.4 Å². The van der Waals surface area contributed by atoms with Gasteiger partial charge in [0.2, 0.25) is 5.91 Å². The summed E-state index contributed by atoms with van der Waals surface area (Å²) in [5.41, 5.74) is 0. The highest BCUT2D eigenvalue weighted by Crippen LogP contribution is 2.33. The molecule has 0 aromatic heterocycles. The minimum absolute atomic E-state index is 0.248. The van der Waals surface area contributed by atoms with Crippen LogP contribution in [0.2, 0.25) is 0 Å². The second-order valence-corrected chi connectivity index (χ2v) is 18.6. The maximum Gasteiger partial charge on any atom is 0.220 e. The van der Waals surface area contributed by atoms with Gasteiger partial charge in [-0.3, -0.25) is 4.79 Å². The van der Waals surface area contributed by atoms with Crippen LogP contribution in [0.3, 0.4) is 0 Å². The lowest BCUT2D eigenvalue weighted by Gasteiger charge is -2.48. The first-order chi connectivity index (χ1) is 33.3. The molecule has 69 heavy (non-hydrogen) atoms. The largest absolute Gasteiger partial charge is 0.394 e. The zero-order chi connectivity index (χ0) is 50.6. The van der Waals surface area contributed by atoms with Crippen molar-refractivity contribution in [3.63, 3.8) is 0 Å². The van der Waals surface area contributed by atoms with Crippen molar-refractivity contribution in [2.45, 2.75) is 247 Å². The average molecular weight is 992 g/mol. The van der Waals surface area contributed by atoms with Crippen LogP contribution in [-0.4, -0.2) is 193 Å². The average Bonchev–Trinajstić information content (AvgIpc) is 3.34. The summed E-state index contributed by atoms with van der Waals surface area (Å²) >= 11 is 0. The van der Waals surface area contributed by atoms with Crippen LogP contribution >= 0.6 is 0 Å². The fourth-order valence-electron chi connectivity index (χ4n) is 8.61. The van der Waals surface area contributed by atoms with Gasteiger partial charge in [0, 0.05) is 6.42 Å². The fraction of sp³-hybridized carbons (Fsp3) is 0.860. The molecule has 402 valence electrons. The number of hydrogen-bond acceptors (Lipinski definition) is 18. The van der Waals surface area contributed by atoms with E-state index in [1.54, 1.807) is 0 Å². The first-order valence-electron chi connectivity index (χ1n) is 25.7. The zero-order valence-corrected chi connectivity index (χ0v) is 41.0. The minimum Gasteiger partial charge on any atom is -0.394 e. The number of carbonyl (C=O) groups excluding carboxylic acids is 1. The Balaban J connectivity index is 1.42. The van der Waals surface area contributed by atoms with E-state index < -0.39 is 124 Å². The quantitative estimate of drug-likeness (QED) is 0.0318. The number of allylic oxidation sites excluding steroid dienone is 6. The van der Waals surface area contributed by atoms with Gasteiger partial charge in [-0.15, -0.1) is 0 Å². The molecule has 0 aliphatic carbocycles. The Morgan fingerprint density at radius 2 is 0.957 bits per heavy atom. The molecule has 12 N–H and O–H groups in total. The minimum atomic E-state index is -1.97. The maximum atomic E-state index is 13.1. The Kier molecular flexibility index (Phi) is 31.3. The number of carbonyl (C=O) groups is 1. The van der Waals surface area contributed by atoms with Crippen LogP contribution in [0, 0.1) is 0 Å². The Morgan fingerprint density at radius 3 is 1.49 bits per heavy atom. The van der Waals surface area contributed by atoms with Crippen molar-refractivity contribution >= 4 is 5.91 Å². The van der Waals surface area contributed by atoms with Crippen molar-refractivity contribution in [1.82, 2.24) is 5.32 Å². The topological polar surface area (TPSA) is 307 Å². The van der Waals surface area contributed by atoms with Crippen LogP contribution in [0.15, 0.2) is 36.5 Å². The summed E-state index contributed by atoms with van der Waals surface area (Å²) in [5, 5.41) is 119. The molecule has 3 rings (SSSR count). The standard InChI is InChI=1S/C50H89NO18/c1-3-5-7-8-9-10-11-12-13-14-15-16-17-18-19-20-21-22-23-24-26-28-38(56)51-33(34(55)27-25-6-4-2)32-64-48-44(62)41(59)46(36(30-53)66-48)69-50-45(63)42(60)47(37(31-54)67-50)68-49-43(61)40(58)39(57)35(29-52)65-49/h11-12,14-15,17-18,33-37,39-50,52-55,57-63H,3-10,13,16,19-32H2,1-2H3,(H,51,56)/b12-11-,15-14-,18-17-. The van der Waals surface area contributed by atoms with Gasteiger partial charge in [-0.05, 0) is 51.4 Å². The van der Waals surface area contributed by atoms with Crippen LogP contribution in [0.4, 0.5) is 0 Å². The molecule has 0 aromatic rings. The molecule has 19 heteroatoms. The molecular weight excluding hydrogens is 903 g/mol. The number of amides is 1. The second-order valence-electron chi connectivity index (χ2n) is 18.6. The summed E-state index contributed by atoms with van der Waals surface area (Å²) in [6.07, 6.45) is 6.56. The smallest absolute Gasteiger partial charge is 0.220 e. The highest BCUT2D eigenvalue weighted by Gasteiger charge is 2.53. The maximum absolute atomic E-state index is 13.1. The molecule has 19 nitrogen and oxygen atoms in total. The Morgan fingerprint density at radius 1 is 0.522 bits per heavy atom. The van der Waals surface area contributed by atoms with Gasteiger partial charge in [-0.1, -0.05) is 121 Å². The number of rotatable bonds is 35. The predicted octanol–water partition coefficient (Wildman–Crippen LogP) is 1.81. The summed E-state index contributed by atoms with van der Waals surface area (Å²) in [6, 6.07) is -0.889. The van der Waals surface area contributed by atoms with Crippen molar-refractivity contribution in [2.75, 3.05) is 26.4 Å². The fourth-order valence-corrected chi connectivity index (χ4v) is 8.61. The van der Waals surface area contributed by atoms with E-state index >= 15 is 0 Å². The molecule has 0 aromatic carbocycles. The summed E-state index contributed by atoms with van der Waals surface area (Å²) < 4.78 is 33.9. The zero-order valence-electron chi connectivity index (χ0n) is 41.0. The van der Waals surface area contributed by atoms with Crippen molar-refractivity contribution in [3.05, 3.63) is 36.5 Å². The van der Waals surface area contributed by atoms with E-state index in [0.717, 1.165) is 64.2 Å². The van der Waals surface area contributed by atoms with Gasteiger partial charge in [-0.25, -0.2) is 0 Å². The number of hydrogen-bond donors (Lipinski definition) is 12. The molecule has 17 unspecified atom stereocenters. The Bertz CT molecular complexity index is 1420. The first-order valence-corrected chi connectivity index (χ1v) is 25.7. The third-order valence-electron chi connectivity index (χ3n) is 13.0. The van der Waals surface area contributed by atoms with Gasteiger partial charge >= 0.3 is 0 Å². The normalized spacial score (nSPS) is 33.1. The molecular formula is C50H89NO18. The lowest BCUT2D eigenvalue weighted by molar-refractivity contribution is -0.379. The number of aliphatic hydroxyl groups excluding tert-OH is 11. The van der Waals surface area contributed by atoms with Crippen LogP contribution < -0.4 is 5.32 Å². The molecule has 3 fully saturated rings. The lowest BCUT2D eigenvalue weighted by atomic mass is 9.96. The molecule has 1 amide bonds. The van der Waals surface area contributed by atoms with Crippen LogP contribution in [0.1, 0.15) is 142 Å². The monoisotopic (exact) mass is 992 g/mol. The summed E-state index contributed by atoms with van der Waals surface area (Å²) in [7, 11) is 0. The Labute approximate surface area is 409 Å². The van der Waals surface area contributed by atoms with Gasteiger partial charge in [0.1, 0.15) is 73.2 Å². The van der Waals surface area contributed by atoms with Crippen molar-refractivity contribution < 1.29 is 89.4 Å². The molecule has 3 aliphatic rings. The van der Waals surface area contributed by atoms with E-state index in [1.807, 2.05) is 6.92 Å². The van der Waals surface area contributed by atoms with Gasteiger partial charge in [-0.2, -0.15) is 0 Å². The molecule has 3 aliphatic heterocycles. The molecule has 17 atom stereocenters. The van der Waals surface area contributed by atoms with Crippen LogP contribution in [0.25, 0.3) is 0 Å². The van der Waals surface area contributed by atoms with Crippen molar-refractivity contribution in [1.29, 1.82) is 0 Å². The summed E-state index contributed by atoms with van der Waals surface area (Å²) in [6.45, 7) is 1.54. The molecule has 3 heterocycles. The third-order valence-corrected chi connectivity index (χ3v) is 13.0. The van der Waals surface area contributed by atoms with Gasteiger partial charge in [0.15, 0.2) is 18.9 Å². The highest BCUT2D eigenvalue weighted by atomic mass is 16.8. The van der Waals surface area contributed by atoms with Crippen LogP contribution in [-0.2, 0) is 33.2 Å². The van der Waals surface area contributed by atoms with E-state index in [2.05, 4.69) is 48.7 Å². The van der Waals surface area contributed by atoms with E-state index in [0.29, 0.717) is 19.3 Å². The molecule has 3 saturated heterocycles.